The van der Waals surface area contributed by atoms with Crippen LogP contribution in [0.2, 0.25) is 0 Å². The largest absolute Gasteiger partial charge is 0.338 e. The van der Waals surface area contributed by atoms with Gasteiger partial charge in [-0.25, -0.2) is 0 Å². The van der Waals surface area contributed by atoms with Crippen molar-refractivity contribution >= 4 is 5.91 Å². The summed E-state index contributed by atoms with van der Waals surface area (Å²) in [5, 5.41) is 3.41. The van der Waals surface area contributed by atoms with Gasteiger partial charge in [-0.05, 0) is 50.8 Å². The Morgan fingerprint density at radius 2 is 2.10 bits per heavy atom. The van der Waals surface area contributed by atoms with Gasteiger partial charge in [0.15, 0.2) is 0 Å². The Morgan fingerprint density at radius 3 is 2.67 bits per heavy atom. The van der Waals surface area contributed by atoms with E-state index in [-0.39, 0.29) is 5.41 Å². The van der Waals surface area contributed by atoms with Crippen molar-refractivity contribution in [2.75, 3.05) is 19.6 Å². The summed E-state index contributed by atoms with van der Waals surface area (Å²) in [4.78, 5) is 15.1. The molecule has 3 heteroatoms. The fraction of sp³-hybridized carbons (Fsp3) is 0.611. The SMILES string of the molecule is CCN(Cc1ccccc1C)C(=O)C1(CC)CCCNC1. The summed E-state index contributed by atoms with van der Waals surface area (Å²) in [7, 11) is 0. The molecule has 1 unspecified atom stereocenters. The molecule has 21 heavy (non-hydrogen) atoms. The van der Waals surface area contributed by atoms with E-state index in [0.717, 1.165) is 45.4 Å². The van der Waals surface area contributed by atoms with Gasteiger partial charge in [0, 0.05) is 19.6 Å². The number of hydrogen-bond acceptors (Lipinski definition) is 2. The van der Waals surface area contributed by atoms with Gasteiger partial charge in [0.25, 0.3) is 0 Å². The van der Waals surface area contributed by atoms with Gasteiger partial charge in [0.2, 0.25) is 5.91 Å². The maximum absolute atomic E-state index is 13.1. The maximum atomic E-state index is 13.1. The molecular weight excluding hydrogens is 260 g/mol. The molecule has 0 saturated carbocycles. The summed E-state index contributed by atoms with van der Waals surface area (Å²) < 4.78 is 0. The highest BCUT2D eigenvalue weighted by molar-refractivity contribution is 5.83. The molecule has 2 rings (SSSR count). The molecule has 3 nitrogen and oxygen atoms in total. The summed E-state index contributed by atoms with van der Waals surface area (Å²) in [5.74, 6) is 0.322. The van der Waals surface area contributed by atoms with Gasteiger partial charge in [-0.3, -0.25) is 4.79 Å². The highest BCUT2D eigenvalue weighted by Crippen LogP contribution is 2.33. The van der Waals surface area contributed by atoms with Crippen LogP contribution in [0, 0.1) is 12.3 Å². The molecule has 1 heterocycles. The third-order valence-electron chi connectivity index (χ3n) is 4.89. The monoisotopic (exact) mass is 288 g/mol. The number of carbonyl (C=O) groups is 1. The quantitative estimate of drug-likeness (QED) is 0.903. The molecule has 0 spiro atoms. The molecule has 1 amide bonds. The van der Waals surface area contributed by atoms with Crippen molar-refractivity contribution in [3.05, 3.63) is 35.4 Å². The van der Waals surface area contributed by atoms with E-state index in [1.54, 1.807) is 0 Å². The first-order chi connectivity index (χ1) is 10.1. The summed E-state index contributed by atoms with van der Waals surface area (Å²) in [6.07, 6.45) is 3.03. The average Bonchev–Trinajstić information content (AvgIpc) is 2.54. The van der Waals surface area contributed by atoms with Crippen LogP contribution < -0.4 is 5.32 Å². The van der Waals surface area contributed by atoms with Crippen LogP contribution in [0.15, 0.2) is 24.3 Å². The Labute approximate surface area is 128 Å². The predicted molar refractivity (Wildman–Crippen MR) is 87.1 cm³/mol. The van der Waals surface area contributed by atoms with E-state index in [4.69, 9.17) is 0 Å². The van der Waals surface area contributed by atoms with Gasteiger partial charge in [-0.2, -0.15) is 0 Å². The smallest absolute Gasteiger partial charge is 0.230 e. The van der Waals surface area contributed by atoms with Gasteiger partial charge >= 0.3 is 0 Å². The summed E-state index contributed by atoms with van der Waals surface area (Å²) >= 11 is 0. The summed E-state index contributed by atoms with van der Waals surface area (Å²) in [6.45, 7) is 9.71. The molecule has 0 aromatic heterocycles. The minimum atomic E-state index is -0.197. The molecule has 1 atom stereocenters. The number of carbonyl (C=O) groups excluding carboxylic acids is 1. The number of rotatable bonds is 5. The number of amides is 1. The highest BCUT2D eigenvalue weighted by Gasteiger charge is 2.40. The van der Waals surface area contributed by atoms with Gasteiger partial charge in [-0.15, -0.1) is 0 Å². The average molecular weight is 288 g/mol. The van der Waals surface area contributed by atoms with E-state index in [1.807, 2.05) is 4.90 Å². The lowest BCUT2D eigenvalue weighted by atomic mass is 9.77. The van der Waals surface area contributed by atoms with Crippen molar-refractivity contribution in [3.63, 3.8) is 0 Å². The Morgan fingerprint density at radius 1 is 1.33 bits per heavy atom. The topological polar surface area (TPSA) is 32.3 Å². The van der Waals surface area contributed by atoms with Gasteiger partial charge < -0.3 is 10.2 Å². The van der Waals surface area contributed by atoms with Gasteiger partial charge in [0.05, 0.1) is 5.41 Å². The van der Waals surface area contributed by atoms with Crippen molar-refractivity contribution < 1.29 is 4.79 Å². The third kappa shape index (κ3) is 3.46. The predicted octanol–water partition coefficient (Wildman–Crippen LogP) is 3.12. The third-order valence-corrected chi connectivity index (χ3v) is 4.89. The van der Waals surface area contributed by atoms with Gasteiger partial charge in [-0.1, -0.05) is 31.2 Å². The molecule has 1 aliphatic rings. The van der Waals surface area contributed by atoms with Crippen molar-refractivity contribution in [1.82, 2.24) is 10.2 Å². The number of piperidine rings is 1. The number of nitrogens with one attached hydrogen (secondary N) is 1. The van der Waals surface area contributed by atoms with Crippen LogP contribution in [-0.4, -0.2) is 30.4 Å². The fourth-order valence-electron chi connectivity index (χ4n) is 3.26. The normalized spacial score (nSPS) is 22.0. The lowest BCUT2D eigenvalue weighted by Crippen LogP contribution is -2.51. The second-order valence-corrected chi connectivity index (χ2v) is 6.16. The molecule has 116 valence electrons. The minimum Gasteiger partial charge on any atom is -0.338 e. The van der Waals surface area contributed by atoms with Crippen LogP contribution in [0.25, 0.3) is 0 Å². The van der Waals surface area contributed by atoms with Crippen LogP contribution in [0.5, 0.6) is 0 Å². The molecule has 0 radical (unpaired) electrons. The summed E-state index contributed by atoms with van der Waals surface area (Å²) in [5.41, 5.74) is 2.32. The number of nitrogens with zero attached hydrogens (tertiary/aromatic N) is 1. The van der Waals surface area contributed by atoms with Crippen LogP contribution in [0.1, 0.15) is 44.2 Å². The number of hydrogen-bond donors (Lipinski definition) is 1. The Hall–Kier alpha value is -1.35. The van der Waals surface area contributed by atoms with Crippen LogP contribution in [-0.2, 0) is 11.3 Å². The minimum absolute atomic E-state index is 0.197. The molecule has 1 aromatic rings. The molecule has 0 bridgehead atoms. The van der Waals surface area contributed by atoms with Crippen molar-refractivity contribution in [3.8, 4) is 0 Å². The number of aryl methyl sites for hydroxylation is 1. The maximum Gasteiger partial charge on any atom is 0.230 e. The first-order valence-corrected chi connectivity index (χ1v) is 8.17. The number of benzene rings is 1. The second kappa shape index (κ2) is 7.08. The lowest BCUT2D eigenvalue weighted by molar-refractivity contribution is -0.144. The van der Waals surface area contributed by atoms with E-state index in [1.165, 1.54) is 11.1 Å². The van der Waals surface area contributed by atoms with Crippen molar-refractivity contribution in [1.29, 1.82) is 0 Å². The second-order valence-electron chi connectivity index (χ2n) is 6.16. The van der Waals surface area contributed by atoms with Gasteiger partial charge in [0.1, 0.15) is 0 Å². The van der Waals surface area contributed by atoms with E-state index in [2.05, 4.69) is 50.4 Å². The Balaban J connectivity index is 2.16. The molecule has 1 aliphatic heterocycles. The van der Waals surface area contributed by atoms with Crippen molar-refractivity contribution in [2.24, 2.45) is 5.41 Å². The van der Waals surface area contributed by atoms with Crippen LogP contribution in [0.4, 0.5) is 0 Å². The highest BCUT2D eigenvalue weighted by atomic mass is 16.2. The fourth-order valence-corrected chi connectivity index (χ4v) is 3.26. The lowest BCUT2D eigenvalue weighted by Gasteiger charge is -2.39. The Bertz CT molecular complexity index is 478. The molecule has 1 saturated heterocycles. The first-order valence-electron chi connectivity index (χ1n) is 8.17. The summed E-state index contributed by atoms with van der Waals surface area (Å²) in [6, 6.07) is 8.35. The zero-order chi connectivity index (χ0) is 15.3. The van der Waals surface area contributed by atoms with Crippen LogP contribution in [0.3, 0.4) is 0 Å². The van der Waals surface area contributed by atoms with E-state index < -0.39 is 0 Å². The van der Waals surface area contributed by atoms with E-state index in [0.29, 0.717) is 5.91 Å². The van der Waals surface area contributed by atoms with Crippen molar-refractivity contribution in [2.45, 2.75) is 46.6 Å². The molecular formula is C18H28N2O. The van der Waals surface area contributed by atoms with Crippen LogP contribution >= 0.6 is 0 Å². The van der Waals surface area contributed by atoms with E-state index in [9.17, 15) is 4.79 Å². The first kappa shape index (κ1) is 16.0. The van der Waals surface area contributed by atoms with E-state index >= 15 is 0 Å². The molecule has 0 aliphatic carbocycles. The zero-order valence-electron chi connectivity index (χ0n) is 13.6. The Kier molecular flexibility index (Phi) is 5.40. The molecule has 1 aromatic carbocycles. The standard InChI is InChI=1S/C18H28N2O/c1-4-18(11-8-12-19-14-18)17(21)20(5-2)13-16-10-7-6-9-15(16)3/h6-7,9-10,19H,4-5,8,11-14H2,1-3H3. The molecule has 1 N–H and O–H groups in total. The molecule has 1 fully saturated rings. The zero-order valence-corrected chi connectivity index (χ0v) is 13.6.